The molecule has 162 valence electrons. The van der Waals surface area contributed by atoms with Crippen molar-refractivity contribution in [2.75, 3.05) is 26.9 Å². The van der Waals surface area contributed by atoms with Gasteiger partial charge >= 0.3 is 18.0 Å². The maximum atomic E-state index is 12.2. The summed E-state index contributed by atoms with van der Waals surface area (Å²) in [6, 6.07) is 3.44. The smallest absolute Gasteiger partial charge is 0.344 e. The molecule has 0 saturated carbocycles. The molecule has 0 saturated heterocycles. The number of ketones is 1. The van der Waals surface area contributed by atoms with E-state index in [9.17, 15) is 19.2 Å². The van der Waals surface area contributed by atoms with Crippen LogP contribution >= 0.6 is 0 Å². The molecule has 0 unspecified atom stereocenters. The summed E-state index contributed by atoms with van der Waals surface area (Å²) >= 11 is 0. The molecule has 2 amide bonds. The summed E-state index contributed by atoms with van der Waals surface area (Å²) in [6.45, 7) is 4.08. The van der Waals surface area contributed by atoms with Gasteiger partial charge < -0.3 is 29.6 Å². The van der Waals surface area contributed by atoms with Gasteiger partial charge in [-0.1, -0.05) is 0 Å². The van der Waals surface area contributed by atoms with Gasteiger partial charge in [0.2, 0.25) is 0 Å². The zero-order valence-corrected chi connectivity index (χ0v) is 17.2. The highest BCUT2D eigenvalue weighted by atomic mass is 16.6. The third-order valence-electron chi connectivity index (χ3n) is 4.16. The SMILES string of the molecule is CCOC(=O)C1=C(COC(=O)COc2ccc(C(C)=O)cc2OC)NC(=O)N[C@@H]1C. The molecular formula is C20H24N2O8. The molecule has 2 rings (SSSR count). The molecule has 10 heteroatoms. The van der Waals surface area contributed by atoms with E-state index in [4.69, 9.17) is 18.9 Å². The molecule has 1 aliphatic heterocycles. The normalized spacial score (nSPS) is 15.6. The van der Waals surface area contributed by atoms with Gasteiger partial charge in [0.1, 0.15) is 6.61 Å². The van der Waals surface area contributed by atoms with Crippen LogP contribution < -0.4 is 20.1 Å². The number of esters is 2. The Morgan fingerprint density at radius 3 is 2.50 bits per heavy atom. The van der Waals surface area contributed by atoms with E-state index in [1.165, 1.54) is 26.2 Å². The van der Waals surface area contributed by atoms with Crippen LogP contribution in [0.2, 0.25) is 0 Å². The highest BCUT2D eigenvalue weighted by molar-refractivity contribution is 5.95. The molecule has 2 N–H and O–H groups in total. The monoisotopic (exact) mass is 420 g/mol. The summed E-state index contributed by atoms with van der Waals surface area (Å²) in [5.74, 6) is -0.931. The Kier molecular flexibility index (Phi) is 7.79. The van der Waals surface area contributed by atoms with Gasteiger partial charge in [0.05, 0.1) is 31.0 Å². The number of hydrogen-bond donors (Lipinski definition) is 2. The lowest BCUT2D eigenvalue weighted by atomic mass is 10.0. The van der Waals surface area contributed by atoms with Crippen LogP contribution in [0.15, 0.2) is 29.5 Å². The van der Waals surface area contributed by atoms with E-state index < -0.39 is 30.6 Å². The molecule has 1 aromatic rings. The maximum absolute atomic E-state index is 12.2. The first-order chi connectivity index (χ1) is 14.3. The molecule has 0 aliphatic carbocycles. The zero-order chi connectivity index (χ0) is 22.3. The summed E-state index contributed by atoms with van der Waals surface area (Å²) in [5.41, 5.74) is 0.754. The Morgan fingerprint density at radius 1 is 1.13 bits per heavy atom. The predicted octanol–water partition coefficient (Wildman–Crippen LogP) is 1.34. The number of amides is 2. The van der Waals surface area contributed by atoms with E-state index >= 15 is 0 Å². The van der Waals surface area contributed by atoms with Crippen LogP contribution in [-0.4, -0.2) is 56.7 Å². The number of Topliss-reactive ketones (excluding diaryl/α,β-unsaturated/α-hetero) is 1. The van der Waals surface area contributed by atoms with Gasteiger partial charge in [-0.25, -0.2) is 14.4 Å². The van der Waals surface area contributed by atoms with E-state index in [0.29, 0.717) is 11.3 Å². The van der Waals surface area contributed by atoms with Gasteiger partial charge in [0.15, 0.2) is 23.9 Å². The van der Waals surface area contributed by atoms with Crippen LogP contribution in [0.5, 0.6) is 11.5 Å². The van der Waals surface area contributed by atoms with Crippen molar-refractivity contribution in [3.8, 4) is 11.5 Å². The van der Waals surface area contributed by atoms with Crippen LogP contribution in [0.1, 0.15) is 31.1 Å². The van der Waals surface area contributed by atoms with Gasteiger partial charge in [-0.15, -0.1) is 0 Å². The maximum Gasteiger partial charge on any atom is 0.344 e. The van der Waals surface area contributed by atoms with Crippen molar-refractivity contribution in [3.63, 3.8) is 0 Å². The number of hydrogen-bond acceptors (Lipinski definition) is 8. The molecule has 0 spiro atoms. The minimum absolute atomic E-state index is 0.136. The average molecular weight is 420 g/mol. The third kappa shape index (κ3) is 5.72. The first kappa shape index (κ1) is 22.7. The first-order valence-corrected chi connectivity index (χ1v) is 9.21. The van der Waals surface area contributed by atoms with E-state index in [0.717, 1.165) is 0 Å². The second kappa shape index (κ2) is 10.3. The predicted molar refractivity (Wildman–Crippen MR) is 104 cm³/mol. The highest BCUT2D eigenvalue weighted by Crippen LogP contribution is 2.28. The van der Waals surface area contributed by atoms with Gasteiger partial charge in [0, 0.05) is 5.56 Å². The lowest BCUT2D eigenvalue weighted by molar-refractivity contribution is -0.145. The Bertz CT molecular complexity index is 878. The fourth-order valence-electron chi connectivity index (χ4n) is 2.73. The number of benzene rings is 1. The lowest BCUT2D eigenvalue weighted by Crippen LogP contribution is -2.50. The van der Waals surface area contributed by atoms with Crippen molar-refractivity contribution < 1.29 is 38.1 Å². The highest BCUT2D eigenvalue weighted by Gasteiger charge is 2.30. The van der Waals surface area contributed by atoms with Crippen molar-refractivity contribution in [1.29, 1.82) is 0 Å². The number of nitrogens with one attached hydrogen (secondary N) is 2. The Balaban J connectivity index is 2.02. The van der Waals surface area contributed by atoms with Crippen LogP contribution in [-0.2, 0) is 19.1 Å². The number of ether oxygens (including phenoxy) is 4. The van der Waals surface area contributed by atoms with E-state index in [1.54, 1.807) is 19.9 Å². The number of methoxy groups -OCH3 is 1. The summed E-state index contributed by atoms with van der Waals surface area (Å²) in [5, 5.41) is 5.01. The van der Waals surface area contributed by atoms with Crippen LogP contribution in [0.4, 0.5) is 4.79 Å². The molecule has 0 bridgehead atoms. The molecule has 30 heavy (non-hydrogen) atoms. The Labute approximate surface area is 173 Å². The number of rotatable bonds is 9. The number of urea groups is 1. The zero-order valence-electron chi connectivity index (χ0n) is 17.2. The Hall–Kier alpha value is -3.56. The number of carbonyl (C=O) groups excluding carboxylic acids is 4. The van der Waals surface area contributed by atoms with Crippen LogP contribution in [0.3, 0.4) is 0 Å². The van der Waals surface area contributed by atoms with Crippen molar-refractivity contribution in [2.45, 2.75) is 26.8 Å². The standard InChI is InChI=1S/C20H24N2O8/c1-5-28-19(25)18-11(2)21-20(26)22-14(18)9-30-17(24)10-29-15-7-6-13(12(3)23)8-16(15)27-4/h6-8,11H,5,9-10H2,1-4H3,(H2,21,22,26)/t11-/m1/s1. The second-order valence-electron chi connectivity index (χ2n) is 6.30. The topological polar surface area (TPSA) is 129 Å². The molecule has 1 aliphatic rings. The molecule has 1 heterocycles. The van der Waals surface area contributed by atoms with Crippen molar-refractivity contribution in [2.24, 2.45) is 0 Å². The second-order valence-corrected chi connectivity index (χ2v) is 6.30. The summed E-state index contributed by atoms with van der Waals surface area (Å²) in [7, 11) is 1.41. The quantitative estimate of drug-likeness (QED) is 0.452. The first-order valence-electron chi connectivity index (χ1n) is 9.21. The number of carbonyl (C=O) groups is 4. The summed E-state index contributed by atoms with van der Waals surface area (Å²) < 4.78 is 20.7. The molecule has 0 radical (unpaired) electrons. The molecule has 1 atom stereocenters. The summed E-state index contributed by atoms with van der Waals surface area (Å²) in [6.07, 6.45) is 0. The molecule has 1 aromatic carbocycles. The van der Waals surface area contributed by atoms with Crippen LogP contribution in [0, 0.1) is 0 Å². The van der Waals surface area contributed by atoms with Gasteiger partial charge in [-0.05, 0) is 39.0 Å². The average Bonchev–Trinajstić information content (AvgIpc) is 2.70. The van der Waals surface area contributed by atoms with Crippen molar-refractivity contribution in [1.82, 2.24) is 10.6 Å². The largest absolute Gasteiger partial charge is 0.493 e. The molecule has 10 nitrogen and oxygen atoms in total. The minimum atomic E-state index is -0.733. The third-order valence-corrected chi connectivity index (χ3v) is 4.16. The molecule has 0 fully saturated rings. The van der Waals surface area contributed by atoms with E-state index in [1.807, 2.05) is 0 Å². The minimum Gasteiger partial charge on any atom is -0.493 e. The van der Waals surface area contributed by atoms with Crippen molar-refractivity contribution >= 4 is 23.8 Å². The van der Waals surface area contributed by atoms with Crippen LogP contribution in [0.25, 0.3) is 0 Å². The van der Waals surface area contributed by atoms with Gasteiger partial charge in [-0.2, -0.15) is 0 Å². The molecule has 0 aromatic heterocycles. The fraction of sp³-hybridized carbons (Fsp3) is 0.400. The summed E-state index contributed by atoms with van der Waals surface area (Å²) in [4.78, 5) is 47.4. The Morgan fingerprint density at radius 2 is 1.87 bits per heavy atom. The van der Waals surface area contributed by atoms with Gasteiger partial charge in [-0.3, -0.25) is 4.79 Å². The van der Waals surface area contributed by atoms with Crippen molar-refractivity contribution in [3.05, 3.63) is 35.0 Å². The lowest BCUT2D eigenvalue weighted by Gasteiger charge is -2.26. The van der Waals surface area contributed by atoms with E-state index in [-0.39, 0.29) is 36.0 Å². The molecular weight excluding hydrogens is 396 g/mol. The fourth-order valence-corrected chi connectivity index (χ4v) is 2.73. The van der Waals surface area contributed by atoms with Gasteiger partial charge in [0.25, 0.3) is 0 Å². The van der Waals surface area contributed by atoms with E-state index in [2.05, 4.69) is 10.6 Å².